The molecule has 6 nitrogen and oxygen atoms in total. The number of nitrogen functional groups attached to an aromatic ring is 1. The lowest BCUT2D eigenvalue weighted by Crippen LogP contribution is -2.12. The largest absolute Gasteiger partial charge is 0.497 e. The first-order chi connectivity index (χ1) is 12.9. The van der Waals surface area contributed by atoms with Crippen molar-refractivity contribution >= 4 is 27.1 Å². The predicted octanol–water partition coefficient (Wildman–Crippen LogP) is 3.36. The Kier molecular flexibility index (Phi) is 5.14. The van der Waals surface area contributed by atoms with Crippen molar-refractivity contribution in [3.8, 4) is 5.75 Å². The molecule has 0 aliphatic carbocycles. The fraction of sp³-hybridized carbons (Fsp3) is 0.0500. The lowest BCUT2D eigenvalue weighted by Gasteiger charge is -2.09. The van der Waals surface area contributed by atoms with Crippen molar-refractivity contribution in [1.29, 1.82) is 0 Å². The van der Waals surface area contributed by atoms with Crippen molar-refractivity contribution in [2.75, 3.05) is 18.2 Å². The highest BCUT2D eigenvalue weighted by atomic mass is 32.2. The van der Waals surface area contributed by atoms with Gasteiger partial charge in [-0.15, -0.1) is 0 Å². The number of ether oxygens (including phenoxy) is 1. The summed E-state index contributed by atoms with van der Waals surface area (Å²) in [5.41, 5.74) is 6.81. The number of hydrogen-bond acceptors (Lipinski definition) is 5. The van der Waals surface area contributed by atoms with Crippen LogP contribution in [0.25, 0.3) is 0 Å². The molecule has 0 atom stereocenters. The quantitative estimate of drug-likeness (QED) is 0.659. The first-order valence-corrected chi connectivity index (χ1v) is 9.54. The van der Waals surface area contributed by atoms with Gasteiger partial charge >= 0.3 is 0 Å². The molecule has 0 unspecified atom stereocenters. The molecule has 0 bridgehead atoms. The molecule has 0 saturated carbocycles. The Morgan fingerprint density at radius 2 is 1.59 bits per heavy atom. The van der Waals surface area contributed by atoms with E-state index < -0.39 is 9.84 Å². The molecule has 3 aromatic carbocycles. The van der Waals surface area contributed by atoms with Gasteiger partial charge in [0.15, 0.2) is 0 Å². The third kappa shape index (κ3) is 4.09. The molecule has 0 aliphatic heterocycles. The van der Waals surface area contributed by atoms with Gasteiger partial charge in [0, 0.05) is 16.9 Å². The number of nitrogens with two attached hydrogens (primary N) is 1. The van der Waals surface area contributed by atoms with Crippen LogP contribution >= 0.6 is 0 Å². The standard InChI is InChI=1S/C20H18N2O4S/c1-26-17-8-2-5-14(11-17)20(23)22-16-7-4-10-19(13-16)27(24,25)18-9-3-6-15(21)12-18/h2-13H,21H2,1H3,(H,22,23). The zero-order chi connectivity index (χ0) is 19.4. The maximum absolute atomic E-state index is 12.8. The van der Waals surface area contributed by atoms with Gasteiger partial charge < -0.3 is 15.8 Å². The van der Waals surface area contributed by atoms with E-state index in [2.05, 4.69) is 5.32 Å². The first kappa shape index (κ1) is 18.5. The lowest BCUT2D eigenvalue weighted by atomic mass is 10.2. The van der Waals surface area contributed by atoms with Gasteiger partial charge in [-0.1, -0.05) is 18.2 Å². The summed E-state index contributed by atoms with van der Waals surface area (Å²) in [5, 5.41) is 2.70. The summed E-state index contributed by atoms with van der Waals surface area (Å²) >= 11 is 0. The second-order valence-electron chi connectivity index (χ2n) is 5.79. The number of sulfone groups is 1. The number of hydrogen-bond donors (Lipinski definition) is 2. The molecule has 0 heterocycles. The van der Waals surface area contributed by atoms with Gasteiger partial charge in [-0.3, -0.25) is 4.79 Å². The van der Waals surface area contributed by atoms with Crippen LogP contribution in [-0.2, 0) is 9.84 Å². The van der Waals surface area contributed by atoms with Crippen LogP contribution in [0, 0.1) is 0 Å². The SMILES string of the molecule is COc1cccc(C(=O)Nc2cccc(S(=O)(=O)c3cccc(N)c3)c2)c1. The monoisotopic (exact) mass is 382 g/mol. The normalized spacial score (nSPS) is 11.0. The molecule has 27 heavy (non-hydrogen) atoms. The Morgan fingerprint density at radius 3 is 2.30 bits per heavy atom. The van der Waals surface area contributed by atoms with Gasteiger partial charge in [0.2, 0.25) is 9.84 Å². The molecule has 0 aliphatic rings. The van der Waals surface area contributed by atoms with Crippen LogP contribution in [0.5, 0.6) is 5.75 Å². The minimum absolute atomic E-state index is 0.0662. The van der Waals surface area contributed by atoms with E-state index in [0.717, 1.165) is 0 Å². The zero-order valence-electron chi connectivity index (χ0n) is 14.5. The van der Waals surface area contributed by atoms with Crippen LogP contribution in [0.3, 0.4) is 0 Å². The van der Waals surface area contributed by atoms with E-state index in [9.17, 15) is 13.2 Å². The molecule has 0 saturated heterocycles. The Morgan fingerprint density at radius 1 is 0.926 bits per heavy atom. The van der Waals surface area contributed by atoms with Gasteiger partial charge in [-0.2, -0.15) is 0 Å². The summed E-state index contributed by atoms with van der Waals surface area (Å²) < 4.78 is 30.7. The average molecular weight is 382 g/mol. The fourth-order valence-electron chi connectivity index (χ4n) is 2.53. The number of anilines is 2. The van der Waals surface area contributed by atoms with Crippen LogP contribution in [0.2, 0.25) is 0 Å². The van der Waals surface area contributed by atoms with E-state index >= 15 is 0 Å². The van der Waals surface area contributed by atoms with Crippen molar-refractivity contribution in [2.45, 2.75) is 9.79 Å². The molecular weight excluding hydrogens is 364 g/mol. The van der Waals surface area contributed by atoms with Crippen LogP contribution in [0.1, 0.15) is 10.4 Å². The highest BCUT2D eigenvalue weighted by Gasteiger charge is 2.18. The molecule has 3 rings (SSSR count). The molecule has 0 radical (unpaired) electrons. The number of nitrogens with one attached hydrogen (secondary N) is 1. The minimum atomic E-state index is -3.75. The van der Waals surface area contributed by atoms with Crippen molar-refractivity contribution in [3.05, 3.63) is 78.4 Å². The van der Waals surface area contributed by atoms with E-state index in [-0.39, 0.29) is 15.7 Å². The molecule has 0 aromatic heterocycles. The lowest BCUT2D eigenvalue weighted by molar-refractivity contribution is 0.102. The molecule has 3 N–H and O–H groups in total. The third-order valence-electron chi connectivity index (χ3n) is 3.90. The Balaban J connectivity index is 1.88. The van der Waals surface area contributed by atoms with E-state index in [0.29, 0.717) is 22.7 Å². The predicted molar refractivity (Wildman–Crippen MR) is 104 cm³/mol. The fourth-order valence-corrected chi connectivity index (χ4v) is 3.89. The van der Waals surface area contributed by atoms with Crippen LogP contribution in [0.15, 0.2) is 82.6 Å². The van der Waals surface area contributed by atoms with Crippen molar-refractivity contribution in [2.24, 2.45) is 0 Å². The smallest absolute Gasteiger partial charge is 0.255 e. The minimum Gasteiger partial charge on any atom is -0.497 e. The van der Waals surface area contributed by atoms with Crippen molar-refractivity contribution in [1.82, 2.24) is 0 Å². The van der Waals surface area contributed by atoms with E-state index in [1.54, 1.807) is 48.5 Å². The van der Waals surface area contributed by atoms with E-state index in [1.807, 2.05) is 0 Å². The van der Waals surface area contributed by atoms with Gasteiger partial charge in [-0.05, 0) is 54.6 Å². The van der Waals surface area contributed by atoms with Crippen molar-refractivity contribution < 1.29 is 17.9 Å². The average Bonchev–Trinajstić information content (AvgIpc) is 2.68. The Hall–Kier alpha value is -3.32. The summed E-state index contributed by atoms with van der Waals surface area (Å²) in [6.45, 7) is 0. The highest BCUT2D eigenvalue weighted by Crippen LogP contribution is 2.25. The molecule has 7 heteroatoms. The maximum Gasteiger partial charge on any atom is 0.255 e. The molecule has 0 spiro atoms. The summed E-state index contributed by atoms with van der Waals surface area (Å²) in [4.78, 5) is 12.6. The van der Waals surface area contributed by atoms with E-state index in [1.165, 1.54) is 31.4 Å². The number of carbonyl (C=O) groups is 1. The summed E-state index contributed by atoms with van der Waals surface area (Å²) in [6.07, 6.45) is 0. The number of carbonyl (C=O) groups excluding carboxylic acids is 1. The summed E-state index contributed by atoms with van der Waals surface area (Å²) in [6, 6.07) is 18.8. The molecule has 1 amide bonds. The second-order valence-corrected chi connectivity index (χ2v) is 7.74. The van der Waals surface area contributed by atoms with Crippen LogP contribution in [-0.4, -0.2) is 21.4 Å². The maximum atomic E-state index is 12.8. The van der Waals surface area contributed by atoms with Gasteiger partial charge in [0.05, 0.1) is 16.9 Å². The number of benzene rings is 3. The molecule has 138 valence electrons. The highest BCUT2D eigenvalue weighted by molar-refractivity contribution is 7.91. The van der Waals surface area contributed by atoms with E-state index in [4.69, 9.17) is 10.5 Å². The van der Waals surface area contributed by atoms with Crippen molar-refractivity contribution in [3.63, 3.8) is 0 Å². The van der Waals surface area contributed by atoms with Gasteiger partial charge in [-0.25, -0.2) is 8.42 Å². The Labute approximate surface area is 157 Å². The molecule has 3 aromatic rings. The number of amides is 1. The van der Waals surface area contributed by atoms with Gasteiger partial charge in [0.1, 0.15) is 5.75 Å². The Bertz CT molecular complexity index is 1090. The first-order valence-electron chi connectivity index (χ1n) is 8.06. The zero-order valence-corrected chi connectivity index (χ0v) is 15.4. The number of rotatable bonds is 5. The summed E-state index contributed by atoms with van der Waals surface area (Å²) in [5.74, 6) is 0.188. The van der Waals surface area contributed by atoms with Crippen LogP contribution in [0.4, 0.5) is 11.4 Å². The molecule has 0 fully saturated rings. The van der Waals surface area contributed by atoms with Crippen LogP contribution < -0.4 is 15.8 Å². The second kappa shape index (κ2) is 7.51. The topological polar surface area (TPSA) is 98.5 Å². The third-order valence-corrected chi connectivity index (χ3v) is 5.65. The number of methoxy groups -OCH3 is 1. The van der Waals surface area contributed by atoms with Gasteiger partial charge in [0.25, 0.3) is 5.91 Å². The molecular formula is C20H18N2O4S. The summed E-state index contributed by atoms with van der Waals surface area (Å²) in [7, 11) is -2.23.